The molecule has 2 N–H and O–H groups in total. The maximum atomic E-state index is 12.3. The molecule has 0 saturated carbocycles. The first kappa shape index (κ1) is 15.8. The fourth-order valence-electron chi connectivity index (χ4n) is 2.62. The fraction of sp³-hybridized carbons (Fsp3) is 0.733. The highest BCUT2D eigenvalue weighted by Crippen LogP contribution is 2.30. The van der Waals surface area contributed by atoms with Crippen molar-refractivity contribution in [2.24, 2.45) is 5.92 Å². The van der Waals surface area contributed by atoms with Crippen molar-refractivity contribution in [3.63, 3.8) is 0 Å². The second kappa shape index (κ2) is 8.02. The Kier molecular flexibility index (Phi) is 6.04. The number of carbonyl (C=O) groups excluding carboxylic acids is 1. The van der Waals surface area contributed by atoms with Gasteiger partial charge in [0.05, 0.1) is 18.8 Å². The lowest BCUT2D eigenvalue weighted by atomic mass is 9.98. The summed E-state index contributed by atoms with van der Waals surface area (Å²) in [6.07, 6.45) is 6.89. The Hall–Kier alpha value is -1.56. The molecule has 2 heterocycles. The molecule has 1 aromatic heterocycles. The number of amides is 2. The summed E-state index contributed by atoms with van der Waals surface area (Å²) in [4.78, 5) is 14.2. The van der Waals surface area contributed by atoms with Gasteiger partial charge in [-0.2, -0.15) is 5.10 Å². The maximum absolute atomic E-state index is 12.3. The van der Waals surface area contributed by atoms with Crippen LogP contribution in [-0.2, 0) is 4.74 Å². The van der Waals surface area contributed by atoms with Gasteiger partial charge in [-0.25, -0.2) is 4.79 Å². The van der Waals surface area contributed by atoms with Gasteiger partial charge < -0.3 is 15.0 Å². The Balaban J connectivity index is 1.79. The summed E-state index contributed by atoms with van der Waals surface area (Å²) in [6.45, 7) is 6.88. The lowest BCUT2D eigenvalue weighted by molar-refractivity contribution is 0.108. The lowest BCUT2D eigenvalue weighted by Gasteiger charge is -2.35. The van der Waals surface area contributed by atoms with Crippen LogP contribution in [0.5, 0.6) is 0 Å². The molecule has 1 fully saturated rings. The van der Waals surface area contributed by atoms with E-state index in [1.54, 1.807) is 0 Å². The quantitative estimate of drug-likeness (QED) is 0.791. The summed E-state index contributed by atoms with van der Waals surface area (Å²) in [5.74, 6) is 0.522. The second-order valence-electron chi connectivity index (χ2n) is 5.94. The number of ether oxygens (including phenoxy) is 1. The molecule has 6 nitrogen and oxygen atoms in total. The van der Waals surface area contributed by atoms with E-state index in [0.717, 1.165) is 38.0 Å². The van der Waals surface area contributed by atoms with Crippen molar-refractivity contribution >= 4 is 6.03 Å². The van der Waals surface area contributed by atoms with Gasteiger partial charge in [0.25, 0.3) is 0 Å². The number of rotatable bonds is 6. The molecule has 0 aliphatic carbocycles. The van der Waals surface area contributed by atoms with Gasteiger partial charge in [0.2, 0.25) is 0 Å². The second-order valence-corrected chi connectivity index (χ2v) is 5.94. The van der Waals surface area contributed by atoms with Crippen LogP contribution in [-0.4, -0.2) is 47.4 Å². The Morgan fingerprint density at radius 3 is 3.14 bits per heavy atom. The van der Waals surface area contributed by atoms with E-state index >= 15 is 0 Å². The molecule has 0 radical (unpaired) electrons. The topological polar surface area (TPSA) is 70.2 Å². The van der Waals surface area contributed by atoms with Crippen LogP contribution in [0.25, 0.3) is 0 Å². The standard InChI is InChI=1S/C15H26N4O2/c1-12(2)11-21-8-6-16-15(20)19-7-4-3-5-14(19)13-9-17-18-10-13/h9-10,12,14H,3-8,11H2,1-2H3,(H,16,20)(H,17,18)/t14-/m1/s1. The van der Waals surface area contributed by atoms with E-state index in [-0.39, 0.29) is 12.1 Å². The van der Waals surface area contributed by atoms with Gasteiger partial charge in [-0.05, 0) is 25.2 Å². The van der Waals surface area contributed by atoms with E-state index < -0.39 is 0 Å². The van der Waals surface area contributed by atoms with E-state index in [1.165, 1.54) is 0 Å². The monoisotopic (exact) mass is 294 g/mol. The largest absolute Gasteiger partial charge is 0.379 e. The molecule has 0 bridgehead atoms. The molecule has 2 amide bonds. The minimum absolute atomic E-state index is 0.00551. The van der Waals surface area contributed by atoms with Crippen molar-refractivity contribution in [2.45, 2.75) is 39.2 Å². The molecule has 1 aliphatic rings. The average Bonchev–Trinajstić information content (AvgIpc) is 3.00. The normalized spacial score (nSPS) is 19.0. The van der Waals surface area contributed by atoms with Crippen molar-refractivity contribution in [1.82, 2.24) is 20.4 Å². The third-order valence-corrected chi connectivity index (χ3v) is 3.64. The highest BCUT2D eigenvalue weighted by Gasteiger charge is 2.28. The first-order valence-electron chi connectivity index (χ1n) is 7.79. The molecule has 1 aliphatic heterocycles. The maximum Gasteiger partial charge on any atom is 0.317 e. The Bertz CT molecular complexity index is 419. The first-order chi connectivity index (χ1) is 10.2. The van der Waals surface area contributed by atoms with Crippen molar-refractivity contribution in [1.29, 1.82) is 0 Å². The molecule has 1 aromatic rings. The average molecular weight is 294 g/mol. The highest BCUT2D eigenvalue weighted by molar-refractivity contribution is 5.74. The number of nitrogens with zero attached hydrogens (tertiary/aromatic N) is 2. The number of hydrogen-bond acceptors (Lipinski definition) is 3. The van der Waals surface area contributed by atoms with Gasteiger partial charge in [0.15, 0.2) is 0 Å². The van der Waals surface area contributed by atoms with E-state index in [0.29, 0.717) is 19.1 Å². The third kappa shape index (κ3) is 4.74. The Labute approximate surface area is 126 Å². The number of H-pyrrole nitrogens is 1. The molecule has 2 rings (SSSR count). The number of hydrogen-bond donors (Lipinski definition) is 2. The van der Waals surface area contributed by atoms with Crippen molar-refractivity contribution < 1.29 is 9.53 Å². The van der Waals surface area contributed by atoms with Crippen molar-refractivity contribution in [3.8, 4) is 0 Å². The van der Waals surface area contributed by atoms with Crippen LogP contribution in [0, 0.1) is 5.92 Å². The number of piperidine rings is 1. The number of aromatic amines is 1. The minimum atomic E-state index is -0.00551. The zero-order chi connectivity index (χ0) is 15.1. The smallest absolute Gasteiger partial charge is 0.317 e. The Morgan fingerprint density at radius 2 is 2.43 bits per heavy atom. The van der Waals surface area contributed by atoms with E-state index in [2.05, 4.69) is 29.4 Å². The molecule has 21 heavy (non-hydrogen) atoms. The van der Waals surface area contributed by atoms with Crippen LogP contribution in [0.4, 0.5) is 4.79 Å². The van der Waals surface area contributed by atoms with Gasteiger partial charge in [-0.15, -0.1) is 0 Å². The van der Waals surface area contributed by atoms with Crippen LogP contribution < -0.4 is 5.32 Å². The number of aromatic nitrogens is 2. The van der Waals surface area contributed by atoms with Crippen LogP contribution in [0.15, 0.2) is 12.4 Å². The van der Waals surface area contributed by atoms with E-state index in [4.69, 9.17) is 4.74 Å². The van der Waals surface area contributed by atoms with Gasteiger partial charge in [0.1, 0.15) is 0 Å². The summed E-state index contributed by atoms with van der Waals surface area (Å²) in [6, 6.07) is 0.128. The zero-order valence-electron chi connectivity index (χ0n) is 13.0. The van der Waals surface area contributed by atoms with E-state index in [1.807, 2.05) is 17.3 Å². The summed E-state index contributed by atoms with van der Waals surface area (Å²) in [7, 11) is 0. The Morgan fingerprint density at radius 1 is 1.57 bits per heavy atom. The van der Waals surface area contributed by atoms with Crippen molar-refractivity contribution in [3.05, 3.63) is 18.0 Å². The zero-order valence-corrected chi connectivity index (χ0v) is 13.0. The summed E-state index contributed by atoms with van der Waals surface area (Å²) >= 11 is 0. The molecule has 118 valence electrons. The molecular formula is C15H26N4O2. The van der Waals surface area contributed by atoms with Crippen LogP contribution in [0.3, 0.4) is 0 Å². The lowest BCUT2D eigenvalue weighted by Crippen LogP contribution is -2.45. The predicted molar refractivity (Wildman–Crippen MR) is 80.9 cm³/mol. The molecule has 6 heteroatoms. The SMILES string of the molecule is CC(C)COCCNC(=O)N1CCCC[C@@H]1c1cn[nH]c1. The van der Waals surface area contributed by atoms with Crippen molar-refractivity contribution in [2.75, 3.05) is 26.3 Å². The highest BCUT2D eigenvalue weighted by atomic mass is 16.5. The van der Waals surface area contributed by atoms with Crippen LogP contribution in [0.1, 0.15) is 44.7 Å². The van der Waals surface area contributed by atoms with Gasteiger partial charge in [-0.1, -0.05) is 13.8 Å². The number of carbonyl (C=O) groups is 1. The van der Waals surface area contributed by atoms with Crippen LogP contribution in [0.2, 0.25) is 0 Å². The van der Waals surface area contributed by atoms with Gasteiger partial charge >= 0.3 is 6.03 Å². The number of urea groups is 1. The van der Waals surface area contributed by atoms with Crippen LogP contribution >= 0.6 is 0 Å². The number of likely N-dealkylation sites (tertiary alicyclic amines) is 1. The number of nitrogens with one attached hydrogen (secondary N) is 2. The third-order valence-electron chi connectivity index (χ3n) is 3.64. The summed E-state index contributed by atoms with van der Waals surface area (Å²) < 4.78 is 5.48. The predicted octanol–water partition coefficient (Wildman–Crippen LogP) is 2.32. The van der Waals surface area contributed by atoms with Gasteiger partial charge in [0, 0.05) is 31.5 Å². The van der Waals surface area contributed by atoms with Gasteiger partial charge in [-0.3, -0.25) is 5.10 Å². The summed E-state index contributed by atoms with van der Waals surface area (Å²) in [5.41, 5.74) is 1.08. The molecule has 1 saturated heterocycles. The molecule has 0 spiro atoms. The molecular weight excluding hydrogens is 268 g/mol. The molecule has 0 unspecified atom stereocenters. The molecule has 0 aromatic carbocycles. The summed E-state index contributed by atoms with van der Waals surface area (Å²) in [5, 5.41) is 9.77. The minimum Gasteiger partial charge on any atom is -0.379 e. The van der Waals surface area contributed by atoms with E-state index in [9.17, 15) is 4.79 Å². The fourth-order valence-corrected chi connectivity index (χ4v) is 2.62. The molecule has 1 atom stereocenters. The first-order valence-corrected chi connectivity index (χ1v) is 7.79.